The van der Waals surface area contributed by atoms with E-state index in [1.165, 1.54) is 0 Å². The van der Waals surface area contributed by atoms with Crippen LogP contribution in [0, 0.1) is 10.5 Å². The van der Waals surface area contributed by atoms with Crippen LogP contribution < -0.4 is 4.90 Å². The van der Waals surface area contributed by atoms with Gasteiger partial charge in [-0.25, -0.2) is 0 Å². The first-order chi connectivity index (χ1) is 7.08. The number of amides is 1. The summed E-state index contributed by atoms with van der Waals surface area (Å²) in [5.74, 6) is 0.00704. The summed E-state index contributed by atoms with van der Waals surface area (Å²) in [4.78, 5) is 13.3. The zero-order valence-electron chi connectivity index (χ0n) is 8.40. The van der Waals surface area contributed by atoms with Crippen LogP contribution in [0.25, 0.3) is 0 Å². The second-order valence-corrected chi connectivity index (χ2v) is 5.04. The van der Waals surface area contributed by atoms with Crippen LogP contribution in [-0.4, -0.2) is 23.7 Å². The van der Waals surface area contributed by atoms with E-state index in [0.29, 0.717) is 6.54 Å². The third-order valence-corrected chi connectivity index (χ3v) is 3.24. The maximum Gasteiger partial charge on any atom is 0.229 e. The first kappa shape index (κ1) is 10.9. The maximum absolute atomic E-state index is 11.6. The Morgan fingerprint density at radius 1 is 1.53 bits per heavy atom. The van der Waals surface area contributed by atoms with Gasteiger partial charge in [-0.2, -0.15) is 0 Å². The molecule has 1 amide bonds. The molecule has 0 spiro atoms. The lowest BCUT2D eigenvalue weighted by Gasteiger charge is -2.18. The third-order valence-electron chi connectivity index (χ3n) is 2.57. The molecule has 1 aromatic carbocycles. The van der Waals surface area contributed by atoms with Crippen LogP contribution in [0.5, 0.6) is 0 Å². The van der Waals surface area contributed by atoms with Gasteiger partial charge in [-0.3, -0.25) is 4.79 Å². The van der Waals surface area contributed by atoms with Gasteiger partial charge in [0.1, 0.15) is 0 Å². The molecule has 4 heteroatoms. The Hall–Kier alpha value is -0.620. The lowest BCUT2D eigenvalue weighted by Crippen LogP contribution is -2.26. The highest BCUT2D eigenvalue weighted by molar-refractivity contribution is 14.1. The lowest BCUT2D eigenvalue weighted by atomic mass is 10.2. The van der Waals surface area contributed by atoms with Gasteiger partial charge in [0.25, 0.3) is 0 Å². The molecule has 3 nitrogen and oxygen atoms in total. The van der Waals surface area contributed by atoms with E-state index in [4.69, 9.17) is 0 Å². The smallest absolute Gasteiger partial charge is 0.229 e. The summed E-state index contributed by atoms with van der Waals surface area (Å²) in [6.07, 6.45) is -0.278. The van der Waals surface area contributed by atoms with Crippen molar-refractivity contribution in [1.29, 1.82) is 0 Å². The minimum Gasteiger partial charge on any atom is -0.391 e. The maximum atomic E-state index is 11.6. The standard InChI is InChI=1S/C11H12INO2/c1-7-2-3-8(12)4-10(7)13-6-9(14)5-11(13)15/h2-4,9,14H,5-6H2,1H3. The van der Waals surface area contributed by atoms with Gasteiger partial charge in [0, 0.05) is 9.26 Å². The highest BCUT2D eigenvalue weighted by Crippen LogP contribution is 2.26. The van der Waals surface area contributed by atoms with Gasteiger partial charge in [0.05, 0.1) is 19.1 Å². The van der Waals surface area contributed by atoms with Crippen LogP contribution in [0.15, 0.2) is 18.2 Å². The predicted octanol–water partition coefficient (Wildman–Crippen LogP) is 1.70. The average Bonchev–Trinajstić information content (AvgIpc) is 2.50. The first-order valence-corrected chi connectivity index (χ1v) is 5.90. The normalized spacial score (nSPS) is 21.1. The number of aliphatic hydroxyl groups excluding tert-OH is 1. The molecule has 0 saturated carbocycles. The molecule has 1 N–H and O–H groups in total. The third kappa shape index (κ3) is 2.15. The average molecular weight is 317 g/mol. The summed E-state index contributed by atoms with van der Waals surface area (Å²) in [6.45, 7) is 2.39. The van der Waals surface area contributed by atoms with Gasteiger partial charge in [-0.1, -0.05) is 6.07 Å². The van der Waals surface area contributed by atoms with Crippen molar-refractivity contribution in [2.24, 2.45) is 0 Å². The number of aryl methyl sites for hydroxylation is 1. The van der Waals surface area contributed by atoms with Crippen molar-refractivity contribution in [1.82, 2.24) is 0 Å². The summed E-state index contributed by atoms with van der Waals surface area (Å²) in [7, 11) is 0. The van der Waals surface area contributed by atoms with Crippen LogP contribution in [0.4, 0.5) is 5.69 Å². The molecule has 0 aromatic heterocycles. The number of benzene rings is 1. The van der Waals surface area contributed by atoms with Crippen LogP contribution in [0.3, 0.4) is 0 Å². The van der Waals surface area contributed by atoms with Gasteiger partial charge in [0.15, 0.2) is 0 Å². The summed E-state index contributed by atoms with van der Waals surface area (Å²) in [5.41, 5.74) is 1.99. The SMILES string of the molecule is Cc1ccc(I)cc1N1CC(O)CC1=O. The van der Waals surface area contributed by atoms with Crippen molar-refractivity contribution in [2.75, 3.05) is 11.4 Å². The molecule has 1 saturated heterocycles. The Bertz CT molecular complexity index is 406. The van der Waals surface area contributed by atoms with E-state index in [2.05, 4.69) is 22.6 Å². The summed E-state index contributed by atoms with van der Waals surface area (Å²) < 4.78 is 1.10. The molecule has 1 fully saturated rings. The minimum atomic E-state index is -0.519. The second-order valence-electron chi connectivity index (χ2n) is 3.79. The molecule has 0 radical (unpaired) electrons. The number of nitrogens with zero attached hydrogens (tertiary/aromatic N) is 1. The van der Waals surface area contributed by atoms with Gasteiger partial charge in [0.2, 0.25) is 5.91 Å². The number of hydrogen-bond donors (Lipinski definition) is 1. The number of β-amino-alcohol motifs (C(OH)–C–C–N with tert-alkyl or cyclic N) is 1. The van der Waals surface area contributed by atoms with Crippen LogP contribution in [-0.2, 0) is 4.79 Å². The van der Waals surface area contributed by atoms with Crippen LogP contribution >= 0.6 is 22.6 Å². The monoisotopic (exact) mass is 317 g/mol. The Balaban J connectivity index is 2.37. The fraction of sp³-hybridized carbons (Fsp3) is 0.364. The van der Waals surface area contributed by atoms with Crippen molar-refractivity contribution < 1.29 is 9.90 Å². The predicted molar refractivity (Wildman–Crippen MR) is 66.9 cm³/mol. The van der Waals surface area contributed by atoms with Gasteiger partial charge in [-0.05, 0) is 47.2 Å². The molecule has 1 aromatic rings. The van der Waals surface area contributed by atoms with Gasteiger partial charge >= 0.3 is 0 Å². The molecule has 1 aliphatic heterocycles. The van der Waals surface area contributed by atoms with Crippen molar-refractivity contribution in [3.63, 3.8) is 0 Å². The Morgan fingerprint density at radius 2 is 2.27 bits per heavy atom. The Morgan fingerprint density at radius 3 is 2.87 bits per heavy atom. The first-order valence-electron chi connectivity index (χ1n) is 4.82. The quantitative estimate of drug-likeness (QED) is 0.801. The van der Waals surface area contributed by atoms with Crippen molar-refractivity contribution in [3.8, 4) is 0 Å². The number of carbonyl (C=O) groups is 1. The second kappa shape index (κ2) is 4.09. The summed E-state index contributed by atoms with van der Waals surface area (Å²) >= 11 is 2.22. The topological polar surface area (TPSA) is 40.5 Å². The molecule has 1 unspecified atom stereocenters. The number of hydrogen-bond acceptors (Lipinski definition) is 2. The van der Waals surface area contributed by atoms with E-state index in [1.807, 2.05) is 25.1 Å². The molecule has 80 valence electrons. The van der Waals surface area contributed by atoms with Gasteiger partial charge in [-0.15, -0.1) is 0 Å². The molecule has 1 heterocycles. The van der Waals surface area contributed by atoms with E-state index < -0.39 is 6.10 Å². The number of anilines is 1. The number of aliphatic hydroxyl groups is 1. The van der Waals surface area contributed by atoms with E-state index in [9.17, 15) is 9.90 Å². The van der Waals surface area contributed by atoms with Crippen LogP contribution in [0.2, 0.25) is 0 Å². The molecular weight excluding hydrogens is 305 g/mol. The zero-order valence-corrected chi connectivity index (χ0v) is 10.6. The molecule has 15 heavy (non-hydrogen) atoms. The van der Waals surface area contributed by atoms with Crippen molar-refractivity contribution >= 4 is 34.2 Å². The number of carbonyl (C=O) groups excluding carboxylic acids is 1. The van der Waals surface area contributed by atoms with Crippen molar-refractivity contribution in [3.05, 3.63) is 27.3 Å². The molecule has 0 aliphatic carbocycles. The van der Waals surface area contributed by atoms with Crippen LogP contribution in [0.1, 0.15) is 12.0 Å². The number of rotatable bonds is 1. The fourth-order valence-corrected chi connectivity index (χ4v) is 2.27. The zero-order chi connectivity index (χ0) is 11.0. The minimum absolute atomic E-state index is 0.00704. The highest BCUT2D eigenvalue weighted by Gasteiger charge is 2.29. The Labute approximate surface area is 102 Å². The molecule has 1 aliphatic rings. The van der Waals surface area contributed by atoms with E-state index in [-0.39, 0.29) is 12.3 Å². The summed E-state index contributed by atoms with van der Waals surface area (Å²) in [6, 6.07) is 5.98. The lowest BCUT2D eigenvalue weighted by molar-refractivity contribution is -0.117. The molecule has 1 atom stereocenters. The Kier molecular flexibility index (Phi) is 2.97. The number of halogens is 1. The van der Waals surface area contributed by atoms with E-state index >= 15 is 0 Å². The van der Waals surface area contributed by atoms with E-state index in [1.54, 1.807) is 4.90 Å². The van der Waals surface area contributed by atoms with E-state index in [0.717, 1.165) is 14.8 Å². The largest absolute Gasteiger partial charge is 0.391 e. The fourth-order valence-electron chi connectivity index (χ4n) is 1.79. The van der Waals surface area contributed by atoms with Gasteiger partial charge < -0.3 is 10.0 Å². The van der Waals surface area contributed by atoms with Crippen molar-refractivity contribution in [2.45, 2.75) is 19.4 Å². The molecular formula is C11H12INO2. The summed E-state index contributed by atoms with van der Waals surface area (Å²) in [5, 5.41) is 9.43. The molecule has 0 bridgehead atoms. The highest BCUT2D eigenvalue weighted by atomic mass is 127. The molecule has 2 rings (SSSR count).